The highest BCUT2D eigenvalue weighted by Gasteiger charge is 2.30. The zero-order valence-corrected chi connectivity index (χ0v) is 8.38. The van der Waals surface area contributed by atoms with Crippen LogP contribution in [-0.4, -0.2) is 24.6 Å². The Hall–Kier alpha value is -1.06. The van der Waals surface area contributed by atoms with Crippen LogP contribution in [0.3, 0.4) is 0 Å². The first-order valence-corrected chi connectivity index (χ1v) is 4.87. The van der Waals surface area contributed by atoms with Gasteiger partial charge in [-0.05, 0) is 32.6 Å². The van der Waals surface area contributed by atoms with Gasteiger partial charge < -0.3 is 9.47 Å². The summed E-state index contributed by atoms with van der Waals surface area (Å²) < 4.78 is 9.44. The molecule has 79 valence electrons. The van der Waals surface area contributed by atoms with E-state index in [2.05, 4.69) is 4.74 Å². The Bertz CT molecular complexity index is 206. The largest absolute Gasteiger partial charge is 0.457 e. The molecule has 0 atom stereocenters. The van der Waals surface area contributed by atoms with Crippen molar-refractivity contribution >= 4 is 12.4 Å². The average Bonchev–Trinajstić information content (AvgIpc) is 2.15. The third-order valence-corrected chi connectivity index (χ3v) is 2.52. The Labute approximate surface area is 83.6 Å². The highest BCUT2D eigenvalue weighted by molar-refractivity contribution is 5.72. The lowest BCUT2D eigenvalue weighted by molar-refractivity contribution is -0.163. The standard InChI is InChI=1S/C10H15O4/c1-10(5-3-2-4-6-10)14-9(12)7-13-8-11/h2-7H2,1H3. The topological polar surface area (TPSA) is 52.6 Å². The molecule has 0 bridgehead atoms. The van der Waals surface area contributed by atoms with Crippen molar-refractivity contribution < 1.29 is 19.1 Å². The van der Waals surface area contributed by atoms with Crippen LogP contribution < -0.4 is 0 Å². The molecule has 14 heavy (non-hydrogen) atoms. The first-order valence-electron chi connectivity index (χ1n) is 4.87. The van der Waals surface area contributed by atoms with Gasteiger partial charge in [0.15, 0.2) is 6.61 Å². The van der Waals surface area contributed by atoms with E-state index in [1.165, 1.54) is 12.9 Å². The van der Waals surface area contributed by atoms with Crippen LogP contribution in [0, 0.1) is 0 Å². The lowest BCUT2D eigenvalue weighted by Gasteiger charge is -2.32. The maximum atomic E-state index is 11.1. The van der Waals surface area contributed by atoms with Crippen LogP contribution in [0.5, 0.6) is 0 Å². The summed E-state index contributed by atoms with van der Waals surface area (Å²) in [5, 5.41) is 0. The van der Waals surface area contributed by atoms with E-state index in [4.69, 9.17) is 4.74 Å². The summed E-state index contributed by atoms with van der Waals surface area (Å²) in [5.41, 5.74) is -0.360. The number of esters is 1. The molecule has 0 aliphatic heterocycles. The van der Waals surface area contributed by atoms with Gasteiger partial charge in [0, 0.05) is 0 Å². The average molecular weight is 199 g/mol. The summed E-state index contributed by atoms with van der Waals surface area (Å²) in [6.45, 7) is 2.79. The van der Waals surface area contributed by atoms with Crippen molar-refractivity contribution in [1.82, 2.24) is 0 Å². The molecule has 0 saturated heterocycles. The number of carbonyl (C=O) groups excluding carboxylic acids is 2. The summed E-state index contributed by atoms with van der Waals surface area (Å²) in [4.78, 5) is 20.9. The normalized spacial score (nSPS) is 19.8. The smallest absolute Gasteiger partial charge is 0.418 e. The molecule has 1 fully saturated rings. The Balaban J connectivity index is 2.33. The Kier molecular flexibility index (Phi) is 3.92. The third kappa shape index (κ3) is 3.36. The van der Waals surface area contributed by atoms with Gasteiger partial charge in [0.05, 0.1) is 0 Å². The van der Waals surface area contributed by atoms with Crippen LogP contribution in [0.2, 0.25) is 0 Å². The second kappa shape index (κ2) is 4.98. The number of hydrogen-bond donors (Lipinski definition) is 0. The molecule has 1 saturated carbocycles. The molecule has 0 aromatic carbocycles. The predicted molar refractivity (Wildman–Crippen MR) is 49.2 cm³/mol. The summed E-state index contributed by atoms with van der Waals surface area (Å²) in [6, 6.07) is 0. The van der Waals surface area contributed by atoms with E-state index in [9.17, 15) is 9.59 Å². The molecular formula is C10H15O4. The summed E-state index contributed by atoms with van der Waals surface area (Å²) in [5.74, 6) is -0.488. The Morgan fingerprint density at radius 3 is 2.57 bits per heavy atom. The van der Waals surface area contributed by atoms with Gasteiger partial charge in [-0.25, -0.2) is 9.59 Å². The molecule has 1 aliphatic rings. The van der Waals surface area contributed by atoms with Crippen LogP contribution >= 0.6 is 0 Å². The maximum Gasteiger partial charge on any atom is 0.418 e. The molecule has 0 amide bonds. The van der Waals surface area contributed by atoms with Gasteiger partial charge in [-0.2, -0.15) is 0 Å². The van der Waals surface area contributed by atoms with E-state index in [1.807, 2.05) is 6.92 Å². The molecule has 0 unspecified atom stereocenters. The lowest BCUT2D eigenvalue weighted by Crippen LogP contribution is -2.35. The molecule has 4 nitrogen and oxygen atoms in total. The molecule has 0 N–H and O–H groups in total. The minimum absolute atomic E-state index is 0.334. The molecule has 1 radical (unpaired) electrons. The number of rotatable bonds is 4. The van der Waals surface area contributed by atoms with Gasteiger partial charge >= 0.3 is 12.4 Å². The fraction of sp³-hybridized carbons (Fsp3) is 0.800. The lowest BCUT2D eigenvalue weighted by atomic mass is 9.86. The SMILES string of the molecule is CC1(OC(=O)CO[C]=O)CCCCC1. The fourth-order valence-electron chi connectivity index (χ4n) is 1.79. The highest BCUT2D eigenvalue weighted by Crippen LogP contribution is 2.30. The van der Waals surface area contributed by atoms with E-state index in [0.717, 1.165) is 25.7 Å². The van der Waals surface area contributed by atoms with Crippen LogP contribution in [0.15, 0.2) is 0 Å². The van der Waals surface area contributed by atoms with Crippen molar-refractivity contribution in [2.24, 2.45) is 0 Å². The van der Waals surface area contributed by atoms with E-state index in [0.29, 0.717) is 0 Å². The Morgan fingerprint density at radius 1 is 1.36 bits per heavy atom. The molecule has 0 aromatic rings. The van der Waals surface area contributed by atoms with E-state index in [1.54, 1.807) is 0 Å². The predicted octanol–water partition coefficient (Wildman–Crippen LogP) is 1.34. The highest BCUT2D eigenvalue weighted by atomic mass is 16.6. The van der Waals surface area contributed by atoms with Crippen molar-refractivity contribution in [2.45, 2.75) is 44.6 Å². The summed E-state index contributed by atoms with van der Waals surface area (Å²) in [6.07, 6.45) is 5.16. The zero-order chi connectivity index (χ0) is 10.4. The van der Waals surface area contributed by atoms with E-state index < -0.39 is 5.97 Å². The van der Waals surface area contributed by atoms with Crippen molar-refractivity contribution in [2.75, 3.05) is 6.61 Å². The van der Waals surface area contributed by atoms with Gasteiger partial charge in [-0.15, -0.1) is 0 Å². The second-order valence-corrected chi connectivity index (χ2v) is 3.86. The van der Waals surface area contributed by atoms with Gasteiger partial charge in [-0.1, -0.05) is 6.42 Å². The monoisotopic (exact) mass is 199 g/mol. The minimum Gasteiger partial charge on any atom is -0.457 e. The zero-order valence-electron chi connectivity index (χ0n) is 8.38. The second-order valence-electron chi connectivity index (χ2n) is 3.86. The number of ether oxygens (including phenoxy) is 2. The first kappa shape index (κ1) is 11.0. The van der Waals surface area contributed by atoms with Gasteiger partial charge in [0.2, 0.25) is 0 Å². The van der Waals surface area contributed by atoms with Gasteiger partial charge in [0.1, 0.15) is 5.60 Å². The van der Waals surface area contributed by atoms with E-state index >= 15 is 0 Å². The van der Waals surface area contributed by atoms with Gasteiger partial charge in [-0.3, -0.25) is 0 Å². The molecule has 1 rings (SSSR count). The number of hydrogen-bond acceptors (Lipinski definition) is 4. The molecule has 0 heterocycles. The molecule has 0 aromatic heterocycles. The van der Waals surface area contributed by atoms with E-state index in [-0.39, 0.29) is 12.2 Å². The Morgan fingerprint density at radius 2 is 2.00 bits per heavy atom. The van der Waals surface area contributed by atoms with Crippen molar-refractivity contribution in [1.29, 1.82) is 0 Å². The van der Waals surface area contributed by atoms with Gasteiger partial charge in [0.25, 0.3) is 0 Å². The molecule has 1 aliphatic carbocycles. The quantitative estimate of drug-likeness (QED) is 0.641. The van der Waals surface area contributed by atoms with Crippen molar-refractivity contribution in [3.05, 3.63) is 0 Å². The summed E-state index contributed by atoms with van der Waals surface area (Å²) >= 11 is 0. The van der Waals surface area contributed by atoms with Crippen LogP contribution in [0.1, 0.15) is 39.0 Å². The minimum atomic E-state index is -0.488. The number of carbonyl (C=O) groups is 1. The van der Waals surface area contributed by atoms with Crippen molar-refractivity contribution in [3.8, 4) is 0 Å². The molecular weight excluding hydrogens is 184 g/mol. The van der Waals surface area contributed by atoms with Crippen LogP contribution in [-0.2, 0) is 19.1 Å². The van der Waals surface area contributed by atoms with Crippen LogP contribution in [0.4, 0.5) is 0 Å². The molecule has 0 spiro atoms. The maximum absolute atomic E-state index is 11.1. The van der Waals surface area contributed by atoms with Crippen LogP contribution in [0.25, 0.3) is 0 Å². The molecule has 4 heteroatoms. The van der Waals surface area contributed by atoms with Crippen molar-refractivity contribution in [3.63, 3.8) is 0 Å². The third-order valence-electron chi connectivity index (χ3n) is 2.52. The first-order chi connectivity index (χ1) is 6.66. The fourth-order valence-corrected chi connectivity index (χ4v) is 1.79. The summed E-state index contributed by atoms with van der Waals surface area (Å²) in [7, 11) is 0.